The minimum atomic E-state index is 0.769. The van der Waals surface area contributed by atoms with Gasteiger partial charge in [0.25, 0.3) is 0 Å². The number of piperidine rings is 1. The molecule has 2 fully saturated rings. The number of fused-ring (bicyclic) bond motifs is 2. The highest BCUT2D eigenvalue weighted by atomic mass is 16.5. The quantitative estimate of drug-likeness (QED) is 0.697. The average molecular weight is 226 g/mol. The lowest BCUT2D eigenvalue weighted by atomic mass is 9.97. The van der Waals surface area contributed by atoms with Crippen LogP contribution in [-0.4, -0.2) is 49.3 Å². The second kappa shape index (κ2) is 5.99. The van der Waals surface area contributed by atoms with Crippen molar-refractivity contribution < 1.29 is 4.74 Å². The Morgan fingerprint density at radius 3 is 2.44 bits per heavy atom. The molecule has 0 aromatic rings. The molecule has 0 aromatic heterocycles. The predicted octanol–water partition coefficient (Wildman–Crippen LogP) is 1.63. The maximum Gasteiger partial charge on any atom is 0.0593 e. The fraction of sp³-hybridized carbons (Fsp3) is 1.00. The molecule has 0 radical (unpaired) electrons. The van der Waals surface area contributed by atoms with E-state index in [1.165, 1.54) is 25.7 Å². The molecular formula is C13H26N2O. The van der Waals surface area contributed by atoms with Crippen LogP contribution in [0.4, 0.5) is 0 Å². The van der Waals surface area contributed by atoms with E-state index in [2.05, 4.69) is 24.1 Å². The number of rotatable bonds is 6. The van der Waals surface area contributed by atoms with Crippen molar-refractivity contribution >= 4 is 0 Å². The van der Waals surface area contributed by atoms with Crippen molar-refractivity contribution in [2.24, 2.45) is 0 Å². The molecule has 0 amide bonds. The Kier molecular flexibility index (Phi) is 4.62. The molecule has 1 N–H and O–H groups in total. The first-order valence-electron chi connectivity index (χ1n) is 6.92. The number of ether oxygens (including phenoxy) is 1. The van der Waals surface area contributed by atoms with Crippen LogP contribution in [0.1, 0.15) is 39.5 Å². The van der Waals surface area contributed by atoms with Crippen LogP contribution < -0.4 is 5.32 Å². The minimum absolute atomic E-state index is 0.769. The molecule has 0 spiro atoms. The van der Waals surface area contributed by atoms with E-state index in [4.69, 9.17) is 4.74 Å². The van der Waals surface area contributed by atoms with Crippen LogP contribution in [0.25, 0.3) is 0 Å². The van der Waals surface area contributed by atoms with Gasteiger partial charge in [-0.3, -0.25) is 4.90 Å². The van der Waals surface area contributed by atoms with Gasteiger partial charge in [0.2, 0.25) is 0 Å². The highest BCUT2D eigenvalue weighted by Crippen LogP contribution is 2.35. The molecule has 94 valence electrons. The number of hydrogen-bond acceptors (Lipinski definition) is 3. The molecule has 2 saturated heterocycles. The average Bonchev–Trinajstić information content (AvgIpc) is 2.52. The summed E-state index contributed by atoms with van der Waals surface area (Å²) in [6.45, 7) is 8.30. The molecular weight excluding hydrogens is 200 g/mol. The van der Waals surface area contributed by atoms with E-state index in [0.29, 0.717) is 0 Å². The third-order valence-corrected chi connectivity index (χ3v) is 4.08. The van der Waals surface area contributed by atoms with E-state index in [1.54, 1.807) is 0 Å². The maximum absolute atomic E-state index is 5.48. The molecule has 2 bridgehead atoms. The highest BCUT2D eigenvalue weighted by Gasteiger charge is 2.39. The molecule has 3 nitrogen and oxygen atoms in total. The summed E-state index contributed by atoms with van der Waals surface area (Å²) in [5, 5.41) is 3.62. The summed E-state index contributed by atoms with van der Waals surface area (Å²) < 4.78 is 5.48. The van der Waals surface area contributed by atoms with Gasteiger partial charge in [0.15, 0.2) is 0 Å². The molecule has 0 aromatic carbocycles. The van der Waals surface area contributed by atoms with Gasteiger partial charge in [0, 0.05) is 31.3 Å². The number of nitrogens with one attached hydrogen (secondary N) is 1. The van der Waals surface area contributed by atoms with Crippen molar-refractivity contribution in [2.75, 3.05) is 26.3 Å². The van der Waals surface area contributed by atoms with Gasteiger partial charge in [-0.15, -0.1) is 0 Å². The summed E-state index contributed by atoms with van der Waals surface area (Å²) in [4.78, 5) is 2.70. The number of nitrogens with zero attached hydrogens (tertiary/aromatic N) is 1. The second-order valence-electron chi connectivity index (χ2n) is 5.05. The van der Waals surface area contributed by atoms with E-state index in [-0.39, 0.29) is 0 Å². The van der Waals surface area contributed by atoms with Gasteiger partial charge in [-0.05, 0) is 39.2 Å². The van der Waals surface area contributed by atoms with Crippen LogP contribution in [0.5, 0.6) is 0 Å². The molecule has 2 atom stereocenters. The lowest BCUT2D eigenvalue weighted by Gasteiger charge is -2.39. The summed E-state index contributed by atoms with van der Waals surface area (Å²) in [6.07, 6.45) is 5.49. The van der Waals surface area contributed by atoms with Gasteiger partial charge in [-0.1, -0.05) is 6.92 Å². The van der Waals surface area contributed by atoms with Crippen LogP contribution in [0, 0.1) is 0 Å². The van der Waals surface area contributed by atoms with Crippen molar-refractivity contribution in [2.45, 2.75) is 57.7 Å². The summed E-state index contributed by atoms with van der Waals surface area (Å²) in [6, 6.07) is 2.41. The Hall–Kier alpha value is -0.120. The van der Waals surface area contributed by atoms with Crippen LogP contribution in [-0.2, 0) is 4.74 Å². The van der Waals surface area contributed by atoms with Crippen molar-refractivity contribution in [1.29, 1.82) is 0 Å². The smallest absolute Gasteiger partial charge is 0.0593 e. The van der Waals surface area contributed by atoms with Gasteiger partial charge < -0.3 is 10.1 Å². The molecule has 2 heterocycles. The first kappa shape index (κ1) is 12.3. The topological polar surface area (TPSA) is 24.5 Å². The van der Waals surface area contributed by atoms with Gasteiger partial charge in [-0.2, -0.15) is 0 Å². The van der Waals surface area contributed by atoms with Crippen LogP contribution in [0.15, 0.2) is 0 Å². The van der Waals surface area contributed by atoms with Crippen LogP contribution >= 0.6 is 0 Å². The Morgan fingerprint density at radius 1 is 1.19 bits per heavy atom. The molecule has 2 rings (SSSR count). The van der Waals surface area contributed by atoms with E-state index >= 15 is 0 Å². The lowest BCUT2D eigenvalue weighted by molar-refractivity contribution is 0.0636. The molecule has 3 heteroatoms. The van der Waals surface area contributed by atoms with Crippen molar-refractivity contribution in [1.82, 2.24) is 10.2 Å². The zero-order chi connectivity index (χ0) is 11.4. The normalized spacial score (nSPS) is 34.5. The Morgan fingerprint density at radius 2 is 1.88 bits per heavy atom. The molecule has 16 heavy (non-hydrogen) atoms. The van der Waals surface area contributed by atoms with E-state index < -0.39 is 0 Å². The minimum Gasteiger partial charge on any atom is -0.380 e. The van der Waals surface area contributed by atoms with Gasteiger partial charge in [-0.25, -0.2) is 0 Å². The summed E-state index contributed by atoms with van der Waals surface area (Å²) in [5.41, 5.74) is 0. The van der Waals surface area contributed by atoms with E-state index in [0.717, 1.165) is 44.4 Å². The number of hydrogen-bond donors (Lipinski definition) is 1. The monoisotopic (exact) mass is 226 g/mol. The fourth-order valence-electron chi connectivity index (χ4n) is 3.41. The molecule has 0 saturated carbocycles. The predicted molar refractivity (Wildman–Crippen MR) is 66.7 cm³/mol. The SMILES string of the molecule is CCNC1CC2CCC(C1)N2CCOCC. The van der Waals surface area contributed by atoms with Gasteiger partial charge >= 0.3 is 0 Å². The second-order valence-corrected chi connectivity index (χ2v) is 5.05. The molecule has 2 aliphatic rings. The first-order valence-corrected chi connectivity index (χ1v) is 6.92. The van der Waals surface area contributed by atoms with Gasteiger partial charge in [0.1, 0.15) is 0 Å². The summed E-state index contributed by atoms with van der Waals surface area (Å²) >= 11 is 0. The van der Waals surface area contributed by atoms with E-state index in [9.17, 15) is 0 Å². The summed E-state index contributed by atoms with van der Waals surface area (Å²) in [5.74, 6) is 0. The van der Waals surface area contributed by atoms with Crippen LogP contribution in [0.3, 0.4) is 0 Å². The fourth-order valence-corrected chi connectivity index (χ4v) is 3.41. The third-order valence-electron chi connectivity index (χ3n) is 4.08. The molecule has 0 aliphatic carbocycles. The Balaban J connectivity index is 1.80. The van der Waals surface area contributed by atoms with Crippen molar-refractivity contribution in [3.8, 4) is 0 Å². The van der Waals surface area contributed by atoms with Crippen LogP contribution in [0.2, 0.25) is 0 Å². The third kappa shape index (κ3) is 2.76. The van der Waals surface area contributed by atoms with Crippen molar-refractivity contribution in [3.63, 3.8) is 0 Å². The molecule has 2 unspecified atom stereocenters. The zero-order valence-corrected chi connectivity index (χ0v) is 10.7. The lowest BCUT2D eigenvalue weighted by Crippen LogP contribution is -2.49. The van der Waals surface area contributed by atoms with Crippen molar-refractivity contribution in [3.05, 3.63) is 0 Å². The zero-order valence-electron chi connectivity index (χ0n) is 10.7. The standard InChI is InChI=1S/C13H26N2O/c1-3-14-11-9-12-5-6-13(10-11)15(12)7-8-16-4-2/h11-14H,3-10H2,1-2H3. The van der Waals surface area contributed by atoms with E-state index in [1.807, 2.05) is 0 Å². The first-order chi connectivity index (χ1) is 7.85. The Labute approximate surface area is 99.5 Å². The summed E-state index contributed by atoms with van der Waals surface area (Å²) in [7, 11) is 0. The van der Waals surface area contributed by atoms with Gasteiger partial charge in [0.05, 0.1) is 6.61 Å². The largest absolute Gasteiger partial charge is 0.380 e. The Bertz CT molecular complexity index is 196. The molecule has 2 aliphatic heterocycles. The highest BCUT2D eigenvalue weighted by molar-refractivity contribution is 4.97. The maximum atomic E-state index is 5.48.